The predicted molar refractivity (Wildman–Crippen MR) is 122 cm³/mol. The summed E-state index contributed by atoms with van der Waals surface area (Å²) in [6, 6.07) is 14.1. The highest BCUT2D eigenvalue weighted by molar-refractivity contribution is 6.32. The molecule has 2 aromatic rings. The lowest BCUT2D eigenvalue weighted by Gasteiger charge is -2.11. The Hall–Kier alpha value is -3.34. The number of nitrogens with one attached hydrogen (secondary N) is 2. The maximum absolute atomic E-state index is 12.3. The molecule has 0 spiro atoms. The number of benzene rings is 2. The van der Waals surface area contributed by atoms with Gasteiger partial charge in [0.2, 0.25) is 0 Å². The highest BCUT2D eigenvalue weighted by atomic mass is 35.5. The van der Waals surface area contributed by atoms with Crippen LogP contribution in [0.1, 0.15) is 24.0 Å². The number of anilines is 1. The molecule has 0 aromatic heterocycles. The van der Waals surface area contributed by atoms with Crippen LogP contribution in [0.25, 0.3) is 6.08 Å². The Balaban J connectivity index is 1.55. The second kappa shape index (κ2) is 11.3. The minimum Gasteiger partial charge on any atom is -0.482 e. The monoisotopic (exact) mass is 453 g/mol. The minimum atomic E-state index is -0.466. The summed E-state index contributed by atoms with van der Waals surface area (Å²) in [5.74, 6) is -0.458. The zero-order chi connectivity index (χ0) is 22.9. The number of aryl methyl sites for hydroxylation is 1. The fourth-order valence-electron chi connectivity index (χ4n) is 3.12. The van der Waals surface area contributed by atoms with Crippen LogP contribution in [0.3, 0.4) is 0 Å². The Morgan fingerprint density at radius 3 is 2.72 bits per heavy atom. The van der Waals surface area contributed by atoms with Crippen LogP contribution in [0.4, 0.5) is 5.69 Å². The number of carbonyl (C=O) groups excluding carboxylic acids is 2. The summed E-state index contributed by atoms with van der Waals surface area (Å²) >= 11 is 6.26. The molecule has 7 nitrogen and oxygen atoms in total. The van der Waals surface area contributed by atoms with Gasteiger partial charge in [-0.1, -0.05) is 35.4 Å². The van der Waals surface area contributed by atoms with Gasteiger partial charge in [0.1, 0.15) is 17.4 Å². The average molecular weight is 454 g/mol. The van der Waals surface area contributed by atoms with Crippen molar-refractivity contribution in [3.63, 3.8) is 0 Å². The molecule has 0 aliphatic carbocycles. The van der Waals surface area contributed by atoms with Crippen molar-refractivity contribution >= 4 is 35.2 Å². The molecule has 1 heterocycles. The number of ether oxygens (including phenoxy) is 2. The summed E-state index contributed by atoms with van der Waals surface area (Å²) in [5.41, 5.74) is 2.30. The summed E-state index contributed by atoms with van der Waals surface area (Å²) in [6.45, 7) is 2.82. The van der Waals surface area contributed by atoms with Gasteiger partial charge < -0.3 is 20.1 Å². The van der Waals surface area contributed by atoms with Crippen molar-refractivity contribution in [3.05, 3.63) is 64.2 Å². The number of nitrogens with zero attached hydrogens (tertiary/aromatic N) is 1. The molecule has 166 valence electrons. The van der Waals surface area contributed by atoms with E-state index in [1.54, 1.807) is 18.2 Å². The topological polar surface area (TPSA) is 100 Å². The summed E-state index contributed by atoms with van der Waals surface area (Å²) in [5, 5.41) is 15.1. The van der Waals surface area contributed by atoms with Gasteiger partial charge in [-0.15, -0.1) is 0 Å². The number of halogens is 1. The molecule has 0 unspecified atom stereocenters. The van der Waals surface area contributed by atoms with Crippen LogP contribution >= 0.6 is 11.6 Å². The maximum atomic E-state index is 12.3. The van der Waals surface area contributed by atoms with Crippen LogP contribution in [0.2, 0.25) is 5.02 Å². The maximum Gasteiger partial charge on any atom is 0.262 e. The molecule has 2 aromatic carbocycles. The second-order valence-electron chi connectivity index (χ2n) is 7.41. The molecule has 1 aliphatic heterocycles. The van der Waals surface area contributed by atoms with Crippen molar-refractivity contribution < 1.29 is 19.1 Å². The van der Waals surface area contributed by atoms with E-state index in [1.807, 2.05) is 37.3 Å². The van der Waals surface area contributed by atoms with Crippen molar-refractivity contribution in [2.75, 3.05) is 25.1 Å². The number of rotatable bonds is 8. The Bertz CT molecular complexity index is 1040. The molecule has 1 saturated heterocycles. The fourth-order valence-corrected chi connectivity index (χ4v) is 3.37. The van der Waals surface area contributed by atoms with Crippen molar-refractivity contribution in [1.29, 1.82) is 5.26 Å². The van der Waals surface area contributed by atoms with Gasteiger partial charge in [-0.05, 0) is 55.7 Å². The smallest absolute Gasteiger partial charge is 0.262 e. The normalized spacial score (nSPS) is 15.7. The van der Waals surface area contributed by atoms with Crippen molar-refractivity contribution in [1.82, 2.24) is 5.32 Å². The lowest BCUT2D eigenvalue weighted by Crippen LogP contribution is -2.32. The third kappa shape index (κ3) is 6.84. The quantitative estimate of drug-likeness (QED) is 0.466. The highest BCUT2D eigenvalue weighted by Crippen LogP contribution is 2.26. The van der Waals surface area contributed by atoms with Crippen LogP contribution in [0.15, 0.2) is 48.0 Å². The van der Waals surface area contributed by atoms with E-state index in [4.69, 9.17) is 21.1 Å². The minimum absolute atomic E-state index is 0.00650. The lowest BCUT2D eigenvalue weighted by molar-refractivity contribution is -0.118. The number of amides is 2. The molecular weight excluding hydrogens is 430 g/mol. The van der Waals surface area contributed by atoms with Gasteiger partial charge in [0.05, 0.1) is 11.1 Å². The summed E-state index contributed by atoms with van der Waals surface area (Å²) in [7, 11) is 0. The Morgan fingerprint density at radius 2 is 2.06 bits per heavy atom. The standard InChI is InChI=1S/C24H24ClN3O4/c1-16-4-7-19(8-5-16)28-23(29)15-32-22-9-6-17(12-21(22)25)11-18(13-26)24(30)27-14-20-3-2-10-31-20/h4-9,11-12,20H,2-3,10,14-15H2,1H3,(H,27,30)(H,28,29)/b18-11+/t20-/m1/s1. The van der Waals surface area contributed by atoms with Gasteiger partial charge in [0.25, 0.3) is 11.8 Å². The summed E-state index contributed by atoms with van der Waals surface area (Å²) in [6.07, 6.45) is 3.31. The van der Waals surface area contributed by atoms with E-state index in [1.165, 1.54) is 6.08 Å². The van der Waals surface area contributed by atoms with Gasteiger partial charge >= 0.3 is 0 Å². The number of hydrogen-bond acceptors (Lipinski definition) is 5. The Kier molecular flexibility index (Phi) is 8.26. The van der Waals surface area contributed by atoms with E-state index >= 15 is 0 Å². The van der Waals surface area contributed by atoms with Crippen LogP contribution in [-0.4, -0.2) is 37.7 Å². The van der Waals surface area contributed by atoms with Gasteiger partial charge in [0.15, 0.2) is 6.61 Å². The summed E-state index contributed by atoms with van der Waals surface area (Å²) in [4.78, 5) is 24.4. The molecule has 1 fully saturated rings. The first kappa shape index (κ1) is 23.3. The molecule has 3 rings (SSSR count). The summed E-state index contributed by atoms with van der Waals surface area (Å²) < 4.78 is 11.0. The largest absolute Gasteiger partial charge is 0.482 e. The van der Waals surface area contributed by atoms with E-state index in [-0.39, 0.29) is 29.2 Å². The molecule has 32 heavy (non-hydrogen) atoms. The Labute approximate surface area is 192 Å². The molecule has 0 radical (unpaired) electrons. The average Bonchev–Trinajstić information content (AvgIpc) is 3.30. The number of carbonyl (C=O) groups is 2. The van der Waals surface area contributed by atoms with E-state index in [9.17, 15) is 14.9 Å². The molecule has 2 N–H and O–H groups in total. The second-order valence-corrected chi connectivity index (χ2v) is 7.81. The van der Waals surface area contributed by atoms with Gasteiger partial charge in [-0.3, -0.25) is 9.59 Å². The SMILES string of the molecule is Cc1ccc(NC(=O)COc2ccc(/C=C(\C#N)C(=O)NC[C@H]3CCCO3)cc2Cl)cc1. The van der Waals surface area contributed by atoms with Crippen LogP contribution in [-0.2, 0) is 14.3 Å². The fraction of sp³-hybridized carbons (Fsp3) is 0.292. The third-order valence-electron chi connectivity index (χ3n) is 4.84. The third-order valence-corrected chi connectivity index (χ3v) is 5.14. The van der Waals surface area contributed by atoms with E-state index < -0.39 is 5.91 Å². The van der Waals surface area contributed by atoms with Crippen LogP contribution in [0, 0.1) is 18.3 Å². The first-order valence-corrected chi connectivity index (χ1v) is 10.6. The molecule has 1 aliphatic rings. The number of nitriles is 1. The van der Waals surface area contributed by atoms with Crippen molar-refractivity contribution in [2.24, 2.45) is 0 Å². The van der Waals surface area contributed by atoms with E-state index in [2.05, 4.69) is 10.6 Å². The molecule has 0 bridgehead atoms. The lowest BCUT2D eigenvalue weighted by atomic mass is 10.1. The zero-order valence-electron chi connectivity index (χ0n) is 17.7. The first-order chi connectivity index (χ1) is 15.4. The Morgan fingerprint density at radius 1 is 1.28 bits per heavy atom. The molecular formula is C24H24ClN3O4. The van der Waals surface area contributed by atoms with Gasteiger partial charge in [-0.25, -0.2) is 0 Å². The van der Waals surface area contributed by atoms with Gasteiger partial charge in [0, 0.05) is 18.8 Å². The van der Waals surface area contributed by atoms with E-state index in [0.717, 1.165) is 18.4 Å². The highest BCUT2D eigenvalue weighted by Gasteiger charge is 2.17. The van der Waals surface area contributed by atoms with Crippen molar-refractivity contribution in [3.8, 4) is 11.8 Å². The molecule has 1 atom stereocenters. The van der Waals surface area contributed by atoms with Gasteiger partial charge in [-0.2, -0.15) is 5.26 Å². The van der Waals surface area contributed by atoms with Crippen LogP contribution < -0.4 is 15.4 Å². The van der Waals surface area contributed by atoms with Crippen LogP contribution in [0.5, 0.6) is 5.75 Å². The zero-order valence-corrected chi connectivity index (χ0v) is 18.4. The first-order valence-electron chi connectivity index (χ1n) is 10.2. The molecule has 2 amide bonds. The van der Waals surface area contributed by atoms with E-state index in [0.29, 0.717) is 30.2 Å². The number of hydrogen-bond donors (Lipinski definition) is 2. The molecule has 8 heteroatoms. The predicted octanol–water partition coefficient (Wildman–Crippen LogP) is 3.87. The van der Waals surface area contributed by atoms with Crippen molar-refractivity contribution in [2.45, 2.75) is 25.9 Å². The molecule has 0 saturated carbocycles.